The molecule has 4 rings (SSSR count). The number of nitrogens with zero attached hydrogens (tertiary/aromatic N) is 1. The molecule has 3 aromatic carbocycles. The molecule has 5 heteroatoms. The second-order valence-electron chi connectivity index (χ2n) is 7.78. The van der Waals surface area contributed by atoms with Gasteiger partial charge in [-0.25, -0.2) is 0 Å². The van der Waals surface area contributed by atoms with Gasteiger partial charge < -0.3 is 10.1 Å². The van der Waals surface area contributed by atoms with Crippen molar-refractivity contribution in [1.82, 2.24) is 4.90 Å². The average Bonchev–Trinajstić information content (AvgIpc) is 2.80. The summed E-state index contributed by atoms with van der Waals surface area (Å²) in [5, 5.41) is 3.05. The maximum absolute atomic E-state index is 12.9. The zero-order valence-electron chi connectivity index (χ0n) is 17.6. The van der Waals surface area contributed by atoms with Gasteiger partial charge in [-0.3, -0.25) is 14.5 Å². The van der Waals surface area contributed by atoms with Crippen LogP contribution in [0, 0.1) is 0 Å². The van der Waals surface area contributed by atoms with Gasteiger partial charge in [0.25, 0.3) is 0 Å². The molecule has 1 amide bonds. The van der Waals surface area contributed by atoms with Crippen molar-refractivity contribution < 1.29 is 14.3 Å². The highest BCUT2D eigenvalue weighted by atomic mass is 16.5. The third-order valence-electron chi connectivity index (χ3n) is 5.69. The molecule has 0 fully saturated rings. The predicted octanol–water partition coefficient (Wildman–Crippen LogP) is 3.82. The second kappa shape index (κ2) is 9.58. The van der Waals surface area contributed by atoms with Crippen LogP contribution in [0.25, 0.3) is 0 Å². The number of anilines is 1. The summed E-state index contributed by atoms with van der Waals surface area (Å²) < 4.78 is 5.01. The normalized spacial score (nSPS) is 15.7. The molecular formula is C26H26N2O3. The lowest BCUT2D eigenvalue weighted by Crippen LogP contribution is -2.49. The molecule has 1 aliphatic heterocycles. The van der Waals surface area contributed by atoms with E-state index in [2.05, 4.69) is 17.4 Å². The standard InChI is InChI=1S/C26H26N2O3/c1-31-26(30)24-16-20-11-5-6-13-22(20)17-28(24)18-25(29)27-23-14-8-7-12-21(23)15-19-9-3-2-4-10-19/h2-14,24H,15-18H2,1H3,(H,27,29)/t24-/m0/s1. The molecule has 0 saturated heterocycles. The minimum atomic E-state index is -0.467. The van der Waals surface area contributed by atoms with Crippen molar-refractivity contribution in [2.24, 2.45) is 0 Å². The number of ether oxygens (including phenoxy) is 1. The molecule has 31 heavy (non-hydrogen) atoms. The molecule has 3 aromatic rings. The summed E-state index contributed by atoms with van der Waals surface area (Å²) in [6, 6.07) is 25.6. The first-order chi connectivity index (χ1) is 15.1. The first-order valence-corrected chi connectivity index (χ1v) is 10.4. The highest BCUT2D eigenvalue weighted by Crippen LogP contribution is 2.24. The van der Waals surface area contributed by atoms with E-state index in [9.17, 15) is 9.59 Å². The Balaban J connectivity index is 1.49. The third-order valence-corrected chi connectivity index (χ3v) is 5.69. The van der Waals surface area contributed by atoms with Crippen LogP contribution in [0.1, 0.15) is 22.3 Å². The molecular weight excluding hydrogens is 388 g/mol. The Morgan fingerprint density at radius 1 is 0.935 bits per heavy atom. The van der Waals surface area contributed by atoms with Crippen LogP contribution in [0.4, 0.5) is 5.69 Å². The van der Waals surface area contributed by atoms with Gasteiger partial charge in [-0.1, -0.05) is 72.8 Å². The minimum Gasteiger partial charge on any atom is -0.468 e. The molecule has 0 saturated carbocycles. The molecule has 1 aliphatic rings. The van der Waals surface area contributed by atoms with Crippen molar-refractivity contribution in [1.29, 1.82) is 0 Å². The summed E-state index contributed by atoms with van der Waals surface area (Å²) in [5.74, 6) is -0.458. The number of hydrogen-bond acceptors (Lipinski definition) is 4. The average molecular weight is 415 g/mol. The predicted molar refractivity (Wildman–Crippen MR) is 121 cm³/mol. The van der Waals surface area contributed by atoms with E-state index in [0.29, 0.717) is 13.0 Å². The summed E-state index contributed by atoms with van der Waals surface area (Å²) in [5.41, 5.74) is 5.30. The lowest BCUT2D eigenvalue weighted by atomic mass is 9.94. The van der Waals surface area contributed by atoms with Crippen molar-refractivity contribution >= 4 is 17.6 Å². The molecule has 0 aromatic heterocycles. The number of nitrogens with one attached hydrogen (secondary N) is 1. The van der Waals surface area contributed by atoms with Gasteiger partial charge in [-0.15, -0.1) is 0 Å². The highest BCUT2D eigenvalue weighted by molar-refractivity contribution is 5.93. The molecule has 1 heterocycles. The molecule has 1 N–H and O–H groups in total. The van der Waals surface area contributed by atoms with E-state index in [0.717, 1.165) is 28.8 Å². The fourth-order valence-corrected chi connectivity index (χ4v) is 4.10. The van der Waals surface area contributed by atoms with Gasteiger partial charge in [0, 0.05) is 12.2 Å². The van der Waals surface area contributed by atoms with E-state index in [4.69, 9.17) is 4.74 Å². The number of amides is 1. The van der Waals surface area contributed by atoms with Crippen molar-refractivity contribution in [3.8, 4) is 0 Å². The van der Waals surface area contributed by atoms with E-state index < -0.39 is 6.04 Å². The molecule has 0 bridgehead atoms. The quantitative estimate of drug-likeness (QED) is 0.623. The zero-order chi connectivity index (χ0) is 21.6. The number of benzene rings is 3. The van der Waals surface area contributed by atoms with Gasteiger partial charge in [0.05, 0.1) is 13.7 Å². The van der Waals surface area contributed by atoms with Crippen LogP contribution in [-0.2, 0) is 33.7 Å². The van der Waals surface area contributed by atoms with Crippen LogP contribution in [0.2, 0.25) is 0 Å². The molecule has 0 aliphatic carbocycles. The van der Waals surface area contributed by atoms with Crippen molar-refractivity contribution in [3.63, 3.8) is 0 Å². The van der Waals surface area contributed by atoms with Crippen molar-refractivity contribution in [3.05, 3.63) is 101 Å². The number of carbonyl (C=O) groups is 2. The largest absolute Gasteiger partial charge is 0.468 e. The number of carbonyl (C=O) groups excluding carboxylic acids is 2. The third kappa shape index (κ3) is 5.01. The van der Waals surface area contributed by atoms with Gasteiger partial charge in [0.2, 0.25) is 5.91 Å². The number of para-hydroxylation sites is 1. The van der Waals surface area contributed by atoms with Gasteiger partial charge in [-0.05, 0) is 41.2 Å². The molecule has 0 spiro atoms. The smallest absolute Gasteiger partial charge is 0.323 e. The first kappa shape index (κ1) is 20.8. The van der Waals surface area contributed by atoms with E-state index in [1.54, 1.807) is 0 Å². The Kier molecular flexibility index (Phi) is 6.43. The van der Waals surface area contributed by atoms with Crippen LogP contribution in [0.3, 0.4) is 0 Å². The Labute approximate surface area is 182 Å². The number of esters is 1. The molecule has 5 nitrogen and oxygen atoms in total. The second-order valence-corrected chi connectivity index (χ2v) is 7.78. The fourth-order valence-electron chi connectivity index (χ4n) is 4.10. The van der Waals surface area contributed by atoms with E-state index in [1.165, 1.54) is 12.7 Å². The van der Waals surface area contributed by atoms with Crippen molar-refractivity contribution in [2.45, 2.75) is 25.4 Å². The lowest BCUT2D eigenvalue weighted by molar-refractivity contribution is -0.148. The highest BCUT2D eigenvalue weighted by Gasteiger charge is 2.33. The molecule has 0 unspecified atom stereocenters. The molecule has 1 atom stereocenters. The summed E-state index contributed by atoms with van der Waals surface area (Å²) in [7, 11) is 1.39. The van der Waals surface area contributed by atoms with Gasteiger partial charge >= 0.3 is 5.97 Å². The van der Waals surface area contributed by atoms with Crippen LogP contribution in [0.5, 0.6) is 0 Å². The number of fused-ring (bicyclic) bond motifs is 1. The zero-order valence-corrected chi connectivity index (χ0v) is 17.6. The maximum Gasteiger partial charge on any atom is 0.323 e. The Hall–Kier alpha value is -3.44. The van der Waals surface area contributed by atoms with E-state index >= 15 is 0 Å². The van der Waals surface area contributed by atoms with Gasteiger partial charge in [0.1, 0.15) is 6.04 Å². The van der Waals surface area contributed by atoms with Crippen LogP contribution >= 0.6 is 0 Å². The van der Waals surface area contributed by atoms with Crippen LogP contribution < -0.4 is 5.32 Å². The van der Waals surface area contributed by atoms with Crippen LogP contribution in [0.15, 0.2) is 78.9 Å². The van der Waals surface area contributed by atoms with E-state index in [1.807, 2.05) is 71.6 Å². The van der Waals surface area contributed by atoms with E-state index in [-0.39, 0.29) is 18.4 Å². The Morgan fingerprint density at radius 3 is 2.39 bits per heavy atom. The molecule has 0 radical (unpaired) electrons. The fraction of sp³-hybridized carbons (Fsp3) is 0.231. The molecule has 158 valence electrons. The summed E-state index contributed by atoms with van der Waals surface area (Å²) in [4.78, 5) is 27.2. The SMILES string of the molecule is COC(=O)[C@@H]1Cc2ccccc2CN1CC(=O)Nc1ccccc1Cc1ccccc1. The van der Waals surface area contributed by atoms with Crippen molar-refractivity contribution in [2.75, 3.05) is 19.0 Å². The summed E-state index contributed by atoms with van der Waals surface area (Å²) in [6.45, 7) is 0.656. The Bertz CT molecular complexity index is 1070. The maximum atomic E-state index is 12.9. The first-order valence-electron chi connectivity index (χ1n) is 10.4. The lowest BCUT2D eigenvalue weighted by Gasteiger charge is -2.34. The monoisotopic (exact) mass is 414 g/mol. The van der Waals surface area contributed by atoms with Crippen LogP contribution in [-0.4, -0.2) is 36.5 Å². The summed E-state index contributed by atoms with van der Waals surface area (Å²) in [6.07, 6.45) is 1.28. The summed E-state index contributed by atoms with van der Waals surface area (Å²) >= 11 is 0. The number of methoxy groups -OCH3 is 1. The van der Waals surface area contributed by atoms with Gasteiger partial charge in [0.15, 0.2) is 0 Å². The number of hydrogen-bond donors (Lipinski definition) is 1. The topological polar surface area (TPSA) is 58.6 Å². The Morgan fingerprint density at radius 2 is 1.61 bits per heavy atom. The minimum absolute atomic E-state index is 0.119. The number of rotatable bonds is 6. The van der Waals surface area contributed by atoms with Gasteiger partial charge in [-0.2, -0.15) is 0 Å².